The summed E-state index contributed by atoms with van der Waals surface area (Å²) in [6.07, 6.45) is 4.77. The molecule has 0 aliphatic carbocycles. The quantitative estimate of drug-likeness (QED) is 0.697. The zero-order chi connectivity index (χ0) is 11.4. The van der Waals surface area contributed by atoms with Crippen LogP contribution in [0.4, 0.5) is 0 Å². The van der Waals surface area contributed by atoms with Crippen molar-refractivity contribution >= 4 is 5.91 Å². The third-order valence-electron chi connectivity index (χ3n) is 3.57. The molecular formula is C12H23N3O. The van der Waals surface area contributed by atoms with E-state index in [2.05, 4.69) is 17.3 Å². The Morgan fingerprint density at radius 2 is 1.88 bits per heavy atom. The normalized spacial score (nSPS) is 28.8. The number of hydrogen-bond acceptors (Lipinski definition) is 3. The Balaban J connectivity index is 1.91. The highest BCUT2D eigenvalue weighted by Gasteiger charge is 2.27. The van der Waals surface area contributed by atoms with Crippen molar-refractivity contribution in [3.8, 4) is 0 Å². The summed E-state index contributed by atoms with van der Waals surface area (Å²) < 4.78 is 0. The van der Waals surface area contributed by atoms with Gasteiger partial charge in [-0.1, -0.05) is 0 Å². The predicted octanol–water partition coefficient (Wildman–Crippen LogP) is 0.293. The molecule has 1 amide bonds. The Morgan fingerprint density at radius 1 is 1.12 bits per heavy atom. The molecule has 1 N–H and O–H groups in total. The second-order valence-corrected chi connectivity index (χ2v) is 5.01. The molecule has 0 bridgehead atoms. The summed E-state index contributed by atoms with van der Waals surface area (Å²) >= 11 is 0. The third-order valence-corrected chi connectivity index (χ3v) is 3.57. The lowest BCUT2D eigenvalue weighted by Gasteiger charge is -2.31. The molecule has 0 aromatic carbocycles. The minimum absolute atomic E-state index is 0.0191. The van der Waals surface area contributed by atoms with E-state index in [4.69, 9.17) is 0 Å². The van der Waals surface area contributed by atoms with E-state index in [1.165, 1.54) is 19.3 Å². The first-order valence-corrected chi connectivity index (χ1v) is 6.48. The molecule has 0 aromatic heterocycles. The summed E-state index contributed by atoms with van der Waals surface area (Å²) in [4.78, 5) is 16.6. The van der Waals surface area contributed by atoms with Gasteiger partial charge in [-0.25, -0.2) is 0 Å². The van der Waals surface area contributed by atoms with Gasteiger partial charge in [-0.3, -0.25) is 4.79 Å². The van der Waals surface area contributed by atoms with E-state index in [0.717, 1.165) is 39.1 Å². The summed E-state index contributed by atoms with van der Waals surface area (Å²) in [6, 6.07) is 0.0191. The SMILES string of the molecule is CN1CCCNC(C(=O)N2CCCCC2)C1. The highest BCUT2D eigenvalue weighted by molar-refractivity contribution is 5.82. The molecule has 2 rings (SSSR count). The lowest BCUT2D eigenvalue weighted by molar-refractivity contribution is -0.134. The minimum Gasteiger partial charge on any atom is -0.341 e. The first kappa shape index (κ1) is 11.9. The lowest BCUT2D eigenvalue weighted by atomic mass is 10.1. The number of hydrogen-bond donors (Lipinski definition) is 1. The number of likely N-dealkylation sites (N-methyl/N-ethyl adjacent to an activating group) is 1. The van der Waals surface area contributed by atoms with Crippen LogP contribution in [0, 0.1) is 0 Å². The molecule has 2 heterocycles. The summed E-state index contributed by atoms with van der Waals surface area (Å²) in [7, 11) is 2.10. The number of likely N-dealkylation sites (tertiary alicyclic amines) is 1. The van der Waals surface area contributed by atoms with Crippen molar-refractivity contribution in [2.24, 2.45) is 0 Å². The zero-order valence-electron chi connectivity index (χ0n) is 10.2. The molecule has 0 aromatic rings. The number of nitrogens with zero attached hydrogens (tertiary/aromatic N) is 2. The Bertz CT molecular complexity index is 238. The first-order chi connectivity index (χ1) is 7.77. The van der Waals surface area contributed by atoms with Crippen LogP contribution in [0.2, 0.25) is 0 Å². The molecule has 4 nitrogen and oxygen atoms in total. The fraction of sp³-hybridized carbons (Fsp3) is 0.917. The molecule has 0 radical (unpaired) electrons. The fourth-order valence-electron chi connectivity index (χ4n) is 2.59. The fourth-order valence-corrected chi connectivity index (χ4v) is 2.59. The molecule has 1 unspecified atom stereocenters. The topological polar surface area (TPSA) is 35.6 Å². The van der Waals surface area contributed by atoms with Crippen LogP contribution >= 0.6 is 0 Å². The molecule has 2 fully saturated rings. The van der Waals surface area contributed by atoms with Gasteiger partial charge in [0.2, 0.25) is 5.91 Å². The Labute approximate surface area is 98.0 Å². The molecule has 2 aliphatic rings. The van der Waals surface area contributed by atoms with Gasteiger partial charge in [0.25, 0.3) is 0 Å². The number of rotatable bonds is 1. The van der Waals surface area contributed by atoms with E-state index < -0.39 is 0 Å². The molecule has 1 atom stereocenters. The highest BCUT2D eigenvalue weighted by atomic mass is 16.2. The van der Waals surface area contributed by atoms with Gasteiger partial charge < -0.3 is 15.1 Å². The molecule has 2 aliphatic heterocycles. The average Bonchev–Trinajstić information content (AvgIpc) is 2.54. The maximum Gasteiger partial charge on any atom is 0.241 e. The van der Waals surface area contributed by atoms with E-state index in [1.807, 2.05) is 4.90 Å². The van der Waals surface area contributed by atoms with Crippen molar-refractivity contribution in [2.45, 2.75) is 31.7 Å². The van der Waals surface area contributed by atoms with Gasteiger partial charge in [0, 0.05) is 19.6 Å². The summed E-state index contributed by atoms with van der Waals surface area (Å²) in [6.45, 7) is 4.84. The smallest absolute Gasteiger partial charge is 0.241 e. The number of amides is 1. The highest BCUT2D eigenvalue weighted by Crippen LogP contribution is 2.11. The van der Waals surface area contributed by atoms with Gasteiger partial charge in [0.15, 0.2) is 0 Å². The van der Waals surface area contributed by atoms with Crippen molar-refractivity contribution in [3.05, 3.63) is 0 Å². The standard InChI is InChI=1S/C12H23N3O/c1-14-7-5-6-13-11(10-14)12(16)15-8-3-2-4-9-15/h11,13H,2-10H2,1H3. The molecular weight excluding hydrogens is 202 g/mol. The number of carbonyl (C=O) groups excluding carboxylic acids is 1. The van der Waals surface area contributed by atoms with E-state index in [0.29, 0.717) is 5.91 Å². The maximum atomic E-state index is 12.3. The van der Waals surface area contributed by atoms with E-state index >= 15 is 0 Å². The van der Waals surface area contributed by atoms with Crippen LogP contribution < -0.4 is 5.32 Å². The van der Waals surface area contributed by atoms with E-state index in [9.17, 15) is 4.79 Å². The van der Waals surface area contributed by atoms with Crippen LogP contribution in [0.1, 0.15) is 25.7 Å². The molecule has 0 saturated carbocycles. The summed E-state index contributed by atoms with van der Waals surface area (Å²) in [5.41, 5.74) is 0. The number of piperidine rings is 1. The Kier molecular flexibility index (Phi) is 4.18. The predicted molar refractivity (Wildman–Crippen MR) is 64.3 cm³/mol. The summed E-state index contributed by atoms with van der Waals surface area (Å²) in [5.74, 6) is 0.313. The Morgan fingerprint density at radius 3 is 2.62 bits per heavy atom. The van der Waals surface area contributed by atoms with E-state index in [-0.39, 0.29) is 6.04 Å². The monoisotopic (exact) mass is 225 g/mol. The largest absolute Gasteiger partial charge is 0.341 e. The minimum atomic E-state index is 0.0191. The van der Waals surface area contributed by atoms with Gasteiger partial charge in [-0.05, 0) is 45.8 Å². The van der Waals surface area contributed by atoms with Crippen LogP contribution in [0.15, 0.2) is 0 Å². The second-order valence-electron chi connectivity index (χ2n) is 5.01. The molecule has 16 heavy (non-hydrogen) atoms. The molecule has 4 heteroatoms. The van der Waals surface area contributed by atoms with Gasteiger partial charge in [-0.15, -0.1) is 0 Å². The Hall–Kier alpha value is -0.610. The number of carbonyl (C=O) groups is 1. The third kappa shape index (κ3) is 2.95. The van der Waals surface area contributed by atoms with Gasteiger partial charge in [-0.2, -0.15) is 0 Å². The van der Waals surface area contributed by atoms with Crippen molar-refractivity contribution in [1.82, 2.24) is 15.1 Å². The molecule has 0 spiro atoms. The van der Waals surface area contributed by atoms with Crippen molar-refractivity contribution in [2.75, 3.05) is 39.8 Å². The van der Waals surface area contributed by atoms with Crippen LogP contribution in [-0.4, -0.2) is 61.5 Å². The lowest BCUT2D eigenvalue weighted by Crippen LogP contribution is -2.51. The summed E-state index contributed by atoms with van der Waals surface area (Å²) in [5, 5.41) is 3.38. The van der Waals surface area contributed by atoms with Crippen LogP contribution in [0.5, 0.6) is 0 Å². The van der Waals surface area contributed by atoms with Crippen LogP contribution in [0.25, 0.3) is 0 Å². The first-order valence-electron chi connectivity index (χ1n) is 6.48. The molecule has 2 saturated heterocycles. The molecule has 92 valence electrons. The maximum absolute atomic E-state index is 12.3. The zero-order valence-corrected chi connectivity index (χ0v) is 10.2. The average molecular weight is 225 g/mol. The van der Waals surface area contributed by atoms with Gasteiger partial charge in [0.05, 0.1) is 6.04 Å². The van der Waals surface area contributed by atoms with Crippen molar-refractivity contribution < 1.29 is 4.79 Å². The number of nitrogens with one attached hydrogen (secondary N) is 1. The van der Waals surface area contributed by atoms with Crippen LogP contribution in [-0.2, 0) is 4.79 Å². The second kappa shape index (κ2) is 5.64. The van der Waals surface area contributed by atoms with Gasteiger partial charge >= 0.3 is 0 Å². The van der Waals surface area contributed by atoms with Crippen molar-refractivity contribution in [3.63, 3.8) is 0 Å². The van der Waals surface area contributed by atoms with Gasteiger partial charge in [0.1, 0.15) is 0 Å². The van der Waals surface area contributed by atoms with Crippen LogP contribution in [0.3, 0.4) is 0 Å². The van der Waals surface area contributed by atoms with E-state index in [1.54, 1.807) is 0 Å². The van der Waals surface area contributed by atoms with Crippen molar-refractivity contribution in [1.29, 1.82) is 0 Å².